The van der Waals surface area contributed by atoms with Crippen molar-refractivity contribution in [1.82, 2.24) is 0 Å². The summed E-state index contributed by atoms with van der Waals surface area (Å²) in [4.78, 5) is -0.0673. The molecule has 0 amide bonds. The lowest BCUT2D eigenvalue weighted by Crippen LogP contribution is -2.03. The normalized spacial score (nSPS) is 16.1. The van der Waals surface area contributed by atoms with Crippen molar-refractivity contribution in [2.75, 3.05) is 6.61 Å². The molecule has 1 aliphatic carbocycles. The maximum absolute atomic E-state index is 11.3. The average molecular weight is 281 g/mol. The summed E-state index contributed by atoms with van der Waals surface area (Å²) in [6, 6.07) is 4.40. The molecule has 0 radical (unpaired) electrons. The lowest BCUT2D eigenvalue weighted by Gasteiger charge is -2.09. The van der Waals surface area contributed by atoms with Gasteiger partial charge < -0.3 is 4.74 Å². The molecule has 1 aliphatic rings. The molecule has 0 unspecified atom stereocenters. The van der Waals surface area contributed by atoms with Crippen LogP contribution in [0.2, 0.25) is 5.02 Å². The fourth-order valence-electron chi connectivity index (χ4n) is 1.28. The number of ether oxygens (including phenoxy) is 1. The summed E-state index contributed by atoms with van der Waals surface area (Å²) in [6.07, 6.45) is 2.27. The molecule has 16 heavy (non-hydrogen) atoms. The van der Waals surface area contributed by atoms with Crippen molar-refractivity contribution in [3.8, 4) is 5.75 Å². The van der Waals surface area contributed by atoms with E-state index in [1.807, 2.05) is 0 Å². The van der Waals surface area contributed by atoms with Crippen molar-refractivity contribution in [2.24, 2.45) is 5.92 Å². The predicted molar refractivity (Wildman–Crippen MR) is 62.7 cm³/mol. The van der Waals surface area contributed by atoms with Gasteiger partial charge in [0.2, 0.25) is 0 Å². The predicted octanol–water partition coefficient (Wildman–Crippen LogP) is 3.06. The summed E-state index contributed by atoms with van der Waals surface area (Å²) in [5.41, 5.74) is 0. The molecule has 88 valence electrons. The third-order valence-electron chi connectivity index (χ3n) is 2.34. The molecule has 1 saturated carbocycles. The zero-order valence-corrected chi connectivity index (χ0v) is 10.6. The van der Waals surface area contributed by atoms with Crippen molar-refractivity contribution < 1.29 is 13.2 Å². The van der Waals surface area contributed by atoms with Gasteiger partial charge in [0, 0.05) is 15.7 Å². The Hall–Kier alpha value is -0.450. The number of hydrogen-bond acceptors (Lipinski definition) is 3. The molecule has 0 bridgehead atoms. The second-order valence-electron chi connectivity index (χ2n) is 3.78. The lowest BCUT2D eigenvalue weighted by molar-refractivity contribution is 0.292. The van der Waals surface area contributed by atoms with E-state index in [1.165, 1.54) is 12.1 Å². The van der Waals surface area contributed by atoms with Gasteiger partial charge in [-0.05, 0) is 37.0 Å². The first-order chi connectivity index (χ1) is 7.47. The maximum atomic E-state index is 11.3. The summed E-state index contributed by atoms with van der Waals surface area (Å²) in [5, 5.41) is 0.318. The summed E-state index contributed by atoms with van der Waals surface area (Å²) in [7, 11) is 1.48. The van der Waals surface area contributed by atoms with Gasteiger partial charge >= 0.3 is 0 Å². The van der Waals surface area contributed by atoms with Crippen LogP contribution in [-0.2, 0) is 9.05 Å². The molecule has 3 nitrogen and oxygen atoms in total. The quantitative estimate of drug-likeness (QED) is 0.797. The number of rotatable bonds is 4. The van der Waals surface area contributed by atoms with Gasteiger partial charge in [0.1, 0.15) is 10.6 Å². The Kier molecular flexibility index (Phi) is 3.33. The SMILES string of the molecule is O=S(=O)(Cl)c1cc(Cl)ccc1OCC1CC1. The summed E-state index contributed by atoms with van der Waals surface area (Å²) >= 11 is 5.72. The lowest BCUT2D eigenvalue weighted by atomic mass is 10.3. The van der Waals surface area contributed by atoms with Gasteiger partial charge in [-0.15, -0.1) is 0 Å². The molecule has 2 rings (SSSR count). The first kappa shape index (κ1) is 12.0. The van der Waals surface area contributed by atoms with Gasteiger partial charge in [0.15, 0.2) is 0 Å². The van der Waals surface area contributed by atoms with Crippen LogP contribution >= 0.6 is 22.3 Å². The highest BCUT2D eigenvalue weighted by Gasteiger charge is 2.24. The fraction of sp³-hybridized carbons (Fsp3) is 0.400. The highest BCUT2D eigenvalue weighted by atomic mass is 35.7. The van der Waals surface area contributed by atoms with E-state index >= 15 is 0 Å². The van der Waals surface area contributed by atoms with Gasteiger partial charge in [-0.1, -0.05) is 11.6 Å². The monoisotopic (exact) mass is 280 g/mol. The molecule has 0 N–H and O–H groups in total. The third kappa shape index (κ3) is 3.03. The molecule has 1 fully saturated rings. The highest BCUT2D eigenvalue weighted by molar-refractivity contribution is 8.13. The molecule has 0 saturated heterocycles. The van der Waals surface area contributed by atoms with Crippen LogP contribution < -0.4 is 4.74 Å². The molecule has 0 atom stereocenters. The van der Waals surface area contributed by atoms with Crippen LogP contribution in [0.4, 0.5) is 0 Å². The Labute approximate surface area is 104 Å². The Balaban J connectivity index is 2.27. The third-order valence-corrected chi connectivity index (χ3v) is 3.92. The standard InChI is InChI=1S/C10H10Cl2O3S/c11-8-3-4-9(15-6-7-1-2-7)10(5-8)16(12,13)14/h3-5,7H,1-2,6H2. The molecule has 0 aromatic heterocycles. The Morgan fingerprint density at radius 2 is 2.06 bits per heavy atom. The van der Waals surface area contributed by atoms with Gasteiger partial charge in [-0.2, -0.15) is 0 Å². The van der Waals surface area contributed by atoms with Crippen LogP contribution in [0, 0.1) is 5.92 Å². The molecular formula is C10H10Cl2O3S. The van der Waals surface area contributed by atoms with Crippen molar-refractivity contribution in [3.05, 3.63) is 23.2 Å². The van der Waals surface area contributed by atoms with E-state index in [0.717, 1.165) is 12.8 Å². The van der Waals surface area contributed by atoms with Crippen molar-refractivity contribution in [3.63, 3.8) is 0 Å². The van der Waals surface area contributed by atoms with Crippen LogP contribution in [-0.4, -0.2) is 15.0 Å². The smallest absolute Gasteiger partial charge is 0.265 e. The van der Waals surface area contributed by atoms with E-state index in [2.05, 4.69) is 0 Å². The number of halogens is 2. The second-order valence-corrected chi connectivity index (χ2v) is 6.75. The van der Waals surface area contributed by atoms with Crippen LogP contribution in [0.15, 0.2) is 23.1 Å². The van der Waals surface area contributed by atoms with E-state index in [1.54, 1.807) is 6.07 Å². The van der Waals surface area contributed by atoms with Crippen LogP contribution in [0.25, 0.3) is 0 Å². The van der Waals surface area contributed by atoms with Crippen LogP contribution in [0.3, 0.4) is 0 Å². The van der Waals surface area contributed by atoms with E-state index in [4.69, 9.17) is 27.0 Å². The number of benzene rings is 1. The minimum atomic E-state index is -3.82. The molecular weight excluding hydrogens is 271 g/mol. The second kappa shape index (κ2) is 4.43. The number of hydrogen-bond donors (Lipinski definition) is 0. The minimum absolute atomic E-state index is 0.0673. The Bertz CT molecular complexity index is 495. The molecule has 1 aromatic carbocycles. The Morgan fingerprint density at radius 3 is 2.62 bits per heavy atom. The summed E-state index contributed by atoms with van der Waals surface area (Å²) < 4.78 is 28.0. The van der Waals surface area contributed by atoms with Gasteiger partial charge in [-0.3, -0.25) is 0 Å². The minimum Gasteiger partial charge on any atom is -0.492 e. The fourth-order valence-corrected chi connectivity index (χ4v) is 2.52. The van der Waals surface area contributed by atoms with E-state index in [9.17, 15) is 8.42 Å². The van der Waals surface area contributed by atoms with E-state index < -0.39 is 9.05 Å². The zero-order valence-electron chi connectivity index (χ0n) is 8.32. The first-order valence-electron chi connectivity index (χ1n) is 4.84. The largest absolute Gasteiger partial charge is 0.492 e. The van der Waals surface area contributed by atoms with Gasteiger partial charge in [0.05, 0.1) is 6.61 Å². The maximum Gasteiger partial charge on any atom is 0.265 e. The van der Waals surface area contributed by atoms with E-state index in [-0.39, 0.29) is 10.6 Å². The molecule has 0 spiro atoms. The van der Waals surface area contributed by atoms with Crippen molar-refractivity contribution >= 4 is 31.3 Å². The average Bonchev–Trinajstić information content (AvgIpc) is 2.98. The topological polar surface area (TPSA) is 43.4 Å². The zero-order chi connectivity index (χ0) is 11.8. The Morgan fingerprint density at radius 1 is 1.38 bits per heavy atom. The highest BCUT2D eigenvalue weighted by Crippen LogP contribution is 2.33. The van der Waals surface area contributed by atoms with Crippen molar-refractivity contribution in [2.45, 2.75) is 17.7 Å². The van der Waals surface area contributed by atoms with Crippen LogP contribution in [0.5, 0.6) is 5.75 Å². The molecule has 0 heterocycles. The molecule has 1 aromatic rings. The van der Waals surface area contributed by atoms with E-state index in [0.29, 0.717) is 17.5 Å². The van der Waals surface area contributed by atoms with Gasteiger partial charge in [0.25, 0.3) is 9.05 Å². The van der Waals surface area contributed by atoms with Crippen molar-refractivity contribution in [1.29, 1.82) is 0 Å². The summed E-state index contributed by atoms with van der Waals surface area (Å²) in [5.74, 6) is 0.813. The first-order valence-corrected chi connectivity index (χ1v) is 7.52. The molecule has 6 heteroatoms. The van der Waals surface area contributed by atoms with Crippen LogP contribution in [0.1, 0.15) is 12.8 Å². The van der Waals surface area contributed by atoms with Gasteiger partial charge in [-0.25, -0.2) is 8.42 Å². The summed E-state index contributed by atoms with van der Waals surface area (Å²) in [6.45, 7) is 0.529. The molecule has 0 aliphatic heterocycles.